The standard InChI is InChI=1S/C15H14FNO4.C9H12O2.C6H3F2NO2/c1-3-10-4-6-14(15(8-10)20-2)21-13-7-5-11(17(18)19)9-12(13)16;1-3-7-4-5-8(10)9(6-7)11-2;7-5-2-1-4(9(10)11)3-6(5)8/h4-9H,3H2,1-2H3;4-6,10H,3H2,1-2H3;1-3H. The Morgan fingerprint density at radius 1 is 0.628 bits per heavy atom. The van der Waals surface area contributed by atoms with Gasteiger partial charge in [0.05, 0.1) is 36.2 Å². The molecule has 0 spiro atoms. The molecule has 0 aliphatic heterocycles. The van der Waals surface area contributed by atoms with Crippen molar-refractivity contribution in [2.45, 2.75) is 26.7 Å². The van der Waals surface area contributed by atoms with Gasteiger partial charge in [-0.2, -0.15) is 0 Å². The van der Waals surface area contributed by atoms with Crippen molar-refractivity contribution in [1.29, 1.82) is 0 Å². The van der Waals surface area contributed by atoms with Crippen molar-refractivity contribution in [2.24, 2.45) is 0 Å². The van der Waals surface area contributed by atoms with E-state index in [4.69, 9.17) is 14.2 Å². The molecule has 0 saturated carbocycles. The molecule has 0 radical (unpaired) electrons. The minimum absolute atomic E-state index is 0.0943. The third-order valence-corrected chi connectivity index (χ3v) is 5.75. The molecule has 43 heavy (non-hydrogen) atoms. The fourth-order valence-corrected chi connectivity index (χ4v) is 3.36. The van der Waals surface area contributed by atoms with Crippen LogP contribution in [0.2, 0.25) is 0 Å². The molecule has 0 unspecified atom stereocenters. The van der Waals surface area contributed by atoms with Crippen molar-refractivity contribution in [3.05, 3.63) is 122 Å². The lowest BCUT2D eigenvalue weighted by Gasteiger charge is -2.12. The predicted molar refractivity (Wildman–Crippen MR) is 153 cm³/mol. The summed E-state index contributed by atoms with van der Waals surface area (Å²) >= 11 is 0. The van der Waals surface area contributed by atoms with Gasteiger partial charge in [-0.05, 0) is 60.4 Å². The van der Waals surface area contributed by atoms with Crippen LogP contribution in [0.4, 0.5) is 24.5 Å². The number of nitro groups is 2. The van der Waals surface area contributed by atoms with Crippen LogP contribution in [0, 0.1) is 37.7 Å². The van der Waals surface area contributed by atoms with Gasteiger partial charge in [0.25, 0.3) is 11.4 Å². The number of aryl methyl sites for hydroxylation is 2. The maximum atomic E-state index is 13.8. The normalized spacial score (nSPS) is 9.93. The molecule has 0 saturated heterocycles. The number of benzene rings is 4. The number of nitrogens with zero attached hydrogens (tertiary/aromatic N) is 2. The molecular formula is C30H29F3N2O8. The third kappa shape index (κ3) is 9.92. The van der Waals surface area contributed by atoms with Gasteiger partial charge in [0.1, 0.15) is 0 Å². The number of nitro benzene ring substituents is 2. The van der Waals surface area contributed by atoms with Crippen LogP contribution in [-0.2, 0) is 12.8 Å². The van der Waals surface area contributed by atoms with Crippen LogP contribution in [-0.4, -0.2) is 29.2 Å². The summed E-state index contributed by atoms with van der Waals surface area (Å²) in [6.07, 6.45) is 1.79. The third-order valence-electron chi connectivity index (χ3n) is 5.75. The van der Waals surface area contributed by atoms with E-state index < -0.39 is 33.0 Å². The molecule has 4 aromatic carbocycles. The molecule has 4 rings (SSSR count). The zero-order valence-corrected chi connectivity index (χ0v) is 23.7. The van der Waals surface area contributed by atoms with E-state index in [9.17, 15) is 38.5 Å². The van der Waals surface area contributed by atoms with Gasteiger partial charge in [-0.25, -0.2) is 13.2 Å². The summed E-state index contributed by atoms with van der Waals surface area (Å²) in [4.78, 5) is 19.1. The highest BCUT2D eigenvalue weighted by Gasteiger charge is 2.14. The molecular weight excluding hydrogens is 573 g/mol. The van der Waals surface area contributed by atoms with E-state index in [1.807, 2.05) is 25.1 Å². The Morgan fingerprint density at radius 3 is 1.60 bits per heavy atom. The summed E-state index contributed by atoms with van der Waals surface area (Å²) in [5.74, 6) is -1.62. The van der Waals surface area contributed by atoms with Crippen LogP contribution in [0.1, 0.15) is 25.0 Å². The lowest BCUT2D eigenvalue weighted by atomic mass is 10.1. The Morgan fingerprint density at radius 2 is 1.12 bits per heavy atom. The van der Waals surface area contributed by atoms with E-state index in [0.29, 0.717) is 29.4 Å². The van der Waals surface area contributed by atoms with Crippen molar-refractivity contribution >= 4 is 11.4 Å². The first-order chi connectivity index (χ1) is 20.4. The zero-order chi connectivity index (χ0) is 32.1. The Kier molecular flexibility index (Phi) is 12.8. The van der Waals surface area contributed by atoms with Crippen LogP contribution in [0.25, 0.3) is 0 Å². The molecule has 0 aliphatic rings. The van der Waals surface area contributed by atoms with Crippen molar-refractivity contribution in [3.63, 3.8) is 0 Å². The monoisotopic (exact) mass is 602 g/mol. The molecule has 0 fully saturated rings. The summed E-state index contributed by atoms with van der Waals surface area (Å²) < 4.78 is 53.8. The topological polar surface area (TPSA) is 134 Å². The Hall–Kier alpha value is -5.33. The van der Waals surface area contributed by atoms with E-state index in [1.54, 1.807) is 25.3 Å². The van der Waals surface area contributed by atoms with Gasteiger partial charge in [0.2, 0.25) is 0 Å². The van der Waals surface area contributed by atoms with Crippen molar-refractivity contribution in [1.82, 2.24) is 0 Å². The first-order valence-corrected chi connectivity index (χ1v) is 12.7. The first-order valence-electron chi connectivity index (χ1n) is 12.7. The molecule has 228 valence electrons. The summed E-state index contributed by atoms with van der Waals surface area (Å²) in [7, 11) is 3.04. The number of non-ortho nitro benzene ring substituents is 2. The van der Waals surface area contributed by atoms with Gasteiger partial charge in [-0.1, -0.05) is 26.0 Å². The van der Waals surface area contributed by atoms with Gasteiger partial charge in [-0.3, -0.25) is 20.2 Å². The van der Waals surface area contributed by atoms with Crippen LogP contribution in [0.5, 0.6) is 28.7 Å². The minimum atomic E-state index is -1.21. The van der Waals surface area contributed by atoms with Crippen molar-refractivity contribution < 1.29 is 42.3 Å². The number of rotatable bonds is 8. The van der Waals surface area contributed by atoms with Crippen molar-refractivity contribution in [2.75, 3.05) is 14.2 Å². The molecule has 10 nitrogen and oxygen atoms in total. The number of phenolic OH excluding ortho intramolecular Hbond substituents is 1. The lowest BCUT2D eigenvalue weighted by Crippen LogP contribution is -1.95. The van der Waals surface area contributed by atoms with E-state index in [0.717, 1.165) is 30.5 Å². The van der Waals surface area contributed by atoms with Crippen LogP contribution in [0.15, 0.2) is 72.8 Å². The number of phenols is 1. The Labute approximate surface area is 245 Å². The maximum absolute atomic E-state index is 13.8. The highest BCUT2D eigenvalue weighted by Crippen LogP contribution is 2.34. The van der Waals surface area contributed by atoms with Crippen LogP contribution >= 0.6 is 0 Å². The smallest absolute Gasteiger partial charge is 0.272 e. The molecule has 4 aromatic rings. The quantitative estimate of drug-likeness (QED) is 0.159. The van der Waals surface area contributed by atoms with Gasteiger partial charge in [0, 0.05) is 12.1 Å². The average molecular weight is 603 g/mol. The molecule has 0 aliphatic carbocycles. The van der Waals surface area contributed by atoms with Gasteiger partial charge in [-0.15, -0.1) is 0 Å². The highest BCUT2D eigenvalue weighted by atomic mass is 19.2. The van der Waals surface area contributed by atoms with Gasteiger partial charge < -0.3 is 19.3 Å². The average Bonchev–Trinajstić information content (AvgIpc) is 3.00. The number of hydrogen-bond acceptors (Lipinski definition) is 8. The summed E-state index contributed by atoms with van der Waals surface area (Å²) in [5.41, 5.74) is 1.44. The first kappa shape index (κ1) is 33.9. The molecule has 0 amide bonds. The van der Waals surface area contributed by atoms with Gasteiger partial charge in [0.15, 0.2) is 46.2 Å². The fraction of sp³-hybridized carbons (Fsp3) is 0.200. The molecule has 0 heterocycles. The number of hydrogen-bond donors (Lipinski definition) is 1. The minimum Gasteiger partial charge on any atom is -0.504 e. The number of halogens is 3. The van der Waals surface area contributed by atoms with Crippen LogP contribution in [0.3, 0.4) is 0 Å². The zero-order valence-electron chi connectivity index (χ0n) is 23.7. The highest BCUT2D eigenvalue weighted by molar-refractivity contribution is 5.47. The molecule has 0 aromatic heterocycles. The Bertz CT molecular complexity index is 1570. The largest absolute Gasteiger partial charge is 0.504 e. The van der Waals surface area contributed by atoms with Crippen molar-refractivity contribution in [3.8, 4) is 28.7 Å². The van der Waals surface area contributed by atoms with E-state index in [1.165, 1.54) is 24.8 Å². The summed E-state index contributed by atoms with van der Waals surface area (Å²) in [6.45, 7) is 4.07. The van der Waals surface area contributed by atoms with Crippen LogP contribution < -0.4 is 14.2 Å². The van der Waals surface area contributed by atoms with E-state index in [-0.39, 0.29) is 17.2 Å². The summed E-state index contributed by atoms with van der Waals surface area (Å²) in [6, 6.07) is 16.1. The molecule has 13 heteroatoms. The predicted octanol–water partition coefficient (Wildman–Crippen LogP) is 7.93. The van der Waals surface area contributed by atoms with Gasteiger partial charge >= 0.3 is 0 Å². The second kappa shape index (κ2) is 16.2. The molecule has 1 N–H and O–H groups in total. The number of methoxy groups -OCH3 is 2. The molecule has 0 bridgehead atoms. The lowest BCUT2D eigenvalue weighted by molar-refractivity contribution is -0.385. The second-order valence-corrected chi connectivity index (χ2v) is 8.53. The Balaban J connectivity index is 0.000000247. The van der Waals surface area contributed by atoms with E-state index >= 15 is 0 Å². The fourth-order valence-electron chi connectivity index (χ4n) is 3.36. The SMILES string of the molecule is CCc1ccc(O)c(OC)c1.CCc1ccc(Oc2ccc([N+](=O)[O-])cc2F)c(OC)c1.O=[N+]([O-])c1ccc(F)c(F)c1. The molecule has 0 atom stereocenters. The van der Waals surface area contributed by atoms with E-state index in [2.05, 4.69) is 6.92 Å². The maximum Gasteiger partial charge on any atom is 0.272 e. The second-order valence-electron chi connectivity index (χ2n) is 8.53. The number of ether oxygens (including phenoxy) is 3. The summed E-state index contributed by atoms with van der Waals surface area (Å²) in [5, 5.41) is 29.8. The number of aromatic hydroxyl groups is 1.